The van der Waals surface area contributed by atoms with Crippen molar-refractivity contribution in [1.82, 2.24) is 0 Å². The number of rotatable bonds is 18. The molecule has 0 amide bonds. The zero-order valence-corrected chi connectivity index (χ0v) is 33.0. The number of hydrogen-bond acceptors (Lipinski definition) is 6. The molecule has 1 N–H and O–H groups in total. The molecular weight excluding hydrogens is 732 g/mol. The van der Waals surface area contributed by atoms with Gasteiger partial charge in [-0.3, -0.25) is 0 Å². The summed E-state index contributed by atoms with van der Waals surface area (Å²) < 4.78 is 32.7. The summed E-state index contributed by atoms with van der Waals surface area (Å²) in [5.74, 6) is 0.814. The molecule has 0 saturated heterocycles. The summed E-state index contributed by atoms with van der Waals surface area (Å²) in [5.41, 5.74) is 5.66. The number of ether oxygens (including phenoxy) is 5. The highest BCUT2D eigenvalue weighted by molar-refractivity contribution is 6.31. The molecule has 0 spiro atoms. The second-order valence-electron chi connectivity index (χ2n) is 14.3. The molecule has 6 nitrogen and oxygen atoms in total. The summed E-state index contributed by atoms with van der Waals surface area (Å²) in [4.78, 5) is 0. The zero-order valence-electron chi connectivity index (χ0n) is 32.2. The van der Waals surface area contributed by atoms with Crippen molar-refractivity contribution < 1.29 is 28.8 Å². The van der Waals surface area contributed by atoms with E-state index in [1.807, 2.05) is 177 Å². The van der Waals surface area contributed by atoms with Crippen molar-refractivity contribution in [3.05, 3.63) is 219 Å². The minimum Gasteiger partial charge on any atom is -0.494 e. The Bertz CT molecular complexity index is 2140. The Morgan fingerprint density at radius 1 is 0.561 bits per heavy atom. The minimum absolute atomic E-state index is 0.194. The maximum absolute atomic E-state index is 13.4. The van der Waals surface area contributed by atoms with Gasteiger partial charge in [0, 0.05) is 5.02 Å². The van der Waals surface area contributed by atoms with Crippen LogP contribution in [0, 0.1) is 0 Å². The molecule has 7 heteroatoms. The Balaban J connectivity index is 1.31. The van der Waals surface area contributed by atoms with E-state index >= 15 is 0 Å². The lowest BCUT2D eigenvalue weighted by Gasteiger charge is -2.46. The number of halogens is 1. The zero-order chi connectivity index (χ0) is 39.3. The van der Waals surface area contributed by atoms with E-state index in [-0.39, 0.29) is 19.8 Å². The van der Waals surface area contributed by atoms with E-state index in [9.17, 15) is 5.11 Å². The van der Waals surface area contributed by atoms with Gasteiger partial charge in [0.1, 0.15) is 29.7 Å². The maximum atomic E-state index is 13.4. The van der Waals surface area contributed by atoms with Gasteiger partial charge in [-0.05, 0) is 82.1 Å². The van der Waals surface area contributed by atoms with E-state index in [1.54, 1.807) is 0 Å². The van der Waals surface area contributed by atoms with E-state index in [4.69, 9.17) is 35.3 Å². The van der Waals surface area contributed by atoms with Gasteiger partial charge in [0.05, 0.1) is 39.6 Å². The first-order valence-electron chi connectivity index (χ1n) is 19.5. The van der Waals surface area contributed by atoms with Crippen molar-refractivity contribution in [1.29, 1.82) is 0 Å². The second kappa shape index (κ2) is 19.9. The molecule has 0 aromatic heterocycles. The monoisotopic (exact) mass is 780 g/mol. The van der Waals surface area contributed by atoms with E-state index in [0.717, 1.165) is 44.7 Å². The van der Waals surface area contributed by atoms with Crippen LogP contribution in [-0.2, 0) is 57.4 Å². The topological polar surface area (TPSA) is 66.4 Å². The fraction of sp³-hybridized carbons (Fsp3) is 0.240. The minimum atomic E-state index is -1.67. The molecular formula is C50H49ClO6. The summed E-state index contributed by atoms with van der Waals surface area (Å²) in [6.07, 6.45) is 0.141. The Labute approximate surface area is 341 Å². The third-order valence-corrected chi connectivity index (χ3v) is 10.5. The molecule has 0 heterocycles. The lowest BCUT2D eigenvalue weighted by molar-refractivity contribution is -0.204. The van der Waals surface area contributed by atoms with Crippen LogP contribution in [0.5, 0.6) is 5.75 Å². The Hall–Kier alpha value is -5.05. The quantitative estimate of drug-likeness (QED) is 0.0877. The van der Waals surface area contributed by atoms with Crippen molar-refractivity contribution in [2.75, 3.05) is 13.2 Å². The third kappa shape index (κ3) is 10.7. The number of aliphatic hydroxyl groups is 1. The van der Waals surface area contributed by atoms with Gasteiger partial charge in [-0.25, -0.2) is 0 Å². The number of hydrogen-bond donors (Lipinski definition) is 1. The van der Waals surface area contributed by atoms with Crippen LogP contribution >= 0.6 is 11.6 Å². The van der Waals surface area contributed by atoms with E-state index in [1.165, 1.54) is 0 Å². The van der Waals surface area contributed by atoms with Gasteiger partial charge in [-0.2, -0.15) is 0 Å². The molecule has 0 radical (unpaired) electrons. The highest BCUT2D eigenvalue weighted by atomic mass is 35.5. The molecule has 0 bridgehead atoms. The lowest BCUT2D eigenvalue weighted by Crippen LogP contribution is -2.57. The summed E-state index contributed by atoms with van der Waals surface area (Å²) in [7, 11) is 0. The molecule has 292 valence electrons. The van der Waals surface area contributed by atoms with Crippen molar-refractivity contribution in [3.63, 3.8) is 0 Å². The van der Waals surface area contributed by atoms with Gasteiger partial charge in [0.2, 0.25) is 0 Å². The van der Waals surface area contributed by atoms with Gasteiger partial charge in [0.25, 0.3) is 0 Å². The van der Waals surface area contributed by atoms with Crippen molar-refractivity contribution >= 4 is 11.6 Å². The highest BCUT2D eigenvalue weighted by Gasteiger charge is 2.52. The molecule has 0 aliphatic heterocycles. The van der Waals surface area contributed by atoms with Crippen LogP contribution in [-0.4, -0.2) is 36.6 Å². The van der Waals surface area contributed by atoms with Crippen LogP contribution in [0.3, 0.4) is 0 Å². The molecule has 0 unspecified atom stereocenters. The standard InChI is InChI=1S/C50H49ClO6/c1-2-54-45-26-23-37(24-27-45)29-42-30-44(25-28-46(42)51)50(52)31-43(36-53-32-38-15-7-3-8-16-38)47(55-33-39-17-9-4-10-18-39)48(56-34-40-19-11-5-12-20-40)49(50)57-35-41-21-13-6-14-22-41/h3-28,30-31,47-49,52H,2,29,32-36H2,1H3/t47-,48+,49-,50-/m1/s1. The summed E-state index contributed by atoms with van der Waals surface area (Å²) in [6.45, 7) is 3.99. The first-order chi connectivity index (χ1) is 28.0. The molecule has 1 aliphatic rings. The van der Waals surface area contributed by atoms with Gasteiger partial charge < -0.3 is 28.8 Å². The van der Waals surface area contributed by atoms with Gasteiger partial charge in [-0.15, -0.1) is 0 Å². The van der Waals surface area contributed by atoms with Gasteiger partial charge in [-0.1, -0.05) is 157 Å². The normalized spacial score (nSPS) is 19.2. The largest absolute Gasteiger partial charge is 0.494 e. The van der Waals surface area contributed by atoms with E-state index < -0.39 is 23.9 Å². The smallest absolute Gasteiger partial charge is 0.137 e. The van der Waals surface area contributed by atoms with E-state index in [2.05, 4.69) is 0 Å². The van der Waals surface area contributed by atoms with Crippen LogP contribution in [0.2, 0.25) is 5.02 Å². The van der Waals surface area contributed by atoms with Crippen LogP contribution in [0.15, 0.2) is 175 Å². The molecule has 7 rings (SSSR count). The van der Waals surface area contributed by atoms with Crippen molar-refractivity contribution in [2.24, 2.45) is 0 Å². The summed E-state index contributed by atoms with van der Waals surface area (Å²) in [6, 6.07) is 53.8. The molecule has 1 aliphatic carbocycles. The van der Waals surface area contributed by atoms with E-state index in [0.29, 0.717) is 36.8 Å². The Morgan fingerprint density at radius 3 is 1.65 bits per heavy atom. The average molecular weight is 781 g/mol. The van der Waals surface area contributed by atoms with Crippen molar-refractivity contribution in [3.8, 4) is 5.75 Å². The summed E-state index contributed by atoms with van der Waals surface area (Å²) >= 11 is 6.90. The SMILES string of the molecule is CCOc1ccc(Cc2cc([C@]3(O)C=C(COCc4ccccc4)[C@@H](OCc4ccccc4)[C@H](OCc4ccccc4)[C@H]3OCc3ccccc3)ccc2Cl)cc1. The molecule has 0 fully saturated rings. The van der Waals surface area contributed by atoms with Gasteiger partial charge in [0.15, 0.2) is 0 Å². The molecule has 4 atom stereocenters. The fourth-order valence-electron chi connectivity index (χ4n) is 7.23. The summed E-state index contributed by atoms with van der Waals surface area (Å²) in [5, 5.41) is 14.0. The van der Waals surface area contributed by atoms with Gasteiger partial charge >= 0.3 is 0 Å². The average Bonchev–Trinajstić information content (AvgIpc) is 3.25. The molecule has 0 saturated carbocycles. The maximum Gasteiger partial charge on any atom is 0.137 e. The fourth-order valence-corrected chi connectivity index (χ4v) is 7.42. The third-order valence-electron chi connectivity index (χ3n) is 10.1. The lowest BCUT2D eigenvalue weighted by atomic mass is 9.75. The molecule has 6 aromatic rings. The Kier molecular flexibility index (Phi) is 14.0. The van der Waals surface area contributed by atoms with Crippen LogP contribution < -0.4 is 4.74 Å². The predicted octanol–water partition coefficient (Wildman–Crippen LogP) is 10.4. The molecule has 57 heavy (non-hydrogen) atoms. The number of benzene rings is 6. The first-order valence-corrected chi connectivity index (χ1v) is 19.9. The first kappa shape index (κ1) is 40.2. The highest BCUT2D eigenvalue weighted by Crippen LogP contribution is 2.42. The second-order valence-corrected chi connectivity index (χ2v) is 14.7. The molecule has 6 aromatic carbocycles. The van der Waals surface area contributed by atoms with Crippen LogP contribution in [0.1, 0.15) is 45.9 Å². The Morgan fingerprint density at radius 2 is 1.09 bits per heavy atom. The van der Waals surface area contributed by atoms with Crippen LogP contribution in [0.4, 0.5) is 0 Å². The predicted molar refractivity (Wildman–Crippen MR) is 225 cm³/mol. The van der Waals surface area contributed by atoms with Crippen LogP contribution in [0.25, 0.3) is 0 Å². The van der Waals surface area contributed by atoms with Crippen molar-refractivity contribution in [2.45, 2.75) is 63.7 Å².